The number of aliphatic hydroxyl groups is 1. The van der Waals surface area contributed by atoms with E-state index in [0.717, 1.165) is 55.8 Å². The third-order valence-electron chi connectivity index (χ3n) is 7.81. The molecule has 3 amide bonds. The normalized spacial score (nSPS) is 29.0. The number of nitrogens with one attached hydrogen (secondary N) is 2. The zero-order chi connectivity index (χ0) is 23.5. The monoisotopic (exact) mass is 471 g/mol. The fourth-order valence-electron chi connectivity index (χ4n) is 6.03. The fourth-order valence-corrected chi connectivity index (χ4v) is 6.03. The molecule has 4 aliphatic rings. The molecule has 34 heavy (non-hydrogen) atoms. The maximum Gasteiger partial charge on any atom is 0.319 e. The molecule has 4 atom stereocenters. The molecule has 2 saturated heterocycles. The summed E-state index contributed by atoms with van der Waals surface area (Å²) in [6.07, 6.45) is 8.93. The van der Waals surface area contributed by atoms with Gasteiger partial charge in [0.2, 0.25) is 5.91 Å². The number of carbonyl (C=O) groups excluding carboxylic acids is 2. The molecule has 1 aromatic carbocycles. The summed E-state index contributed by atoms with van der Waals surface area (Å²) in [5.74, 6) is 0.912. The third kappa shape index (κ3) is 5.18. The van der Waals surface area contributed by atoms with Crippen molar-refractivity contribution in [2.45, 2.75) is 94.5 Å². The summed E-state index contributed by atoms with van der Waals surface area (Å²) in [5, 5.41) is 16.1. The predicted molar refractivity (Wildman–Crippen MR) is 128 cm³/mol. The first-order chi connectivity index (χ1) is 16.6. The summed E-state index contributed by atoms with van der Waals surface area (Å²) < 4.78 is 12.3. The van der Waals surface area contributed by atoms with E-state index in [9.17, 15) is 14.7 Å². The van der Waals surface area contributed by atoms with Gasteiger partial charge >= 0.3 is 6.03 Å². The summed E-state index contributed by atoms with van der Waals surface area (Å²) in [5.41, 5.74) is 1.74. The number of hydrogen-bond donors (Lipinski definition) is 3. The number of aliphatic hydroxyl groups excluding tert-OH is 1. The van der Waals surface area contributed by atoms with Gasteiger partial charge in [0.25, 0.3) is 0 Å². The molecule has 5 rings (SSSR count). The number of carbonyl (C=O) groups is 2. The number of benzene rings is 1. The first kappa shape index (κ1) is 23.4. The highest BCUT2D eigenvalue weighted by atomic mass is 16.6. The van der Waals surface area contributed by atoms with Gasteiger partial charge in [-0.3, -0.25) is 4.79 Å². The van der Waals surface area contributed by atoms with Crippen LogP contribution >= 0.6 is 0 Å². The Morgan fingerprint density at radius 1 is 1.06 bits per heavy atom. The van der Waals surface area contributed by atoms with Crippen LogP contribution < -0.4 is 15.4 Å². The minimum Gasteiger partial charge on any atom is -0.487 e. The number of fused-ring (bicyclic) bond motifs is 3. The molecule has 0 bridgehead atoms. The van der Waals surface area contributed by atoms with Crippen LogP contribution in [0.5, 0.6) is 5.75 Å². The lowest BCUT2D eigenvalue weighted by Crippen LogP contribution is -2.48. The van der Waals surface area contributed by atoms with Crippen LogP contribution in [-0.4, -0.2) is 66.0 Å². The number of rotatable bonds is 5. The van der Waals surface area contributed by atoms with E-state index in [1.165, 1.54) is 25.7 Å². The van der Waals surface area contributed by atoms with Crippen LogP contribution in [0, 0.1) is 0 Å². The second-order valence-electron chi connectivity index (χ2n) is 10.2. The summed E-state index contributed by atoms with van der Waals surface area (Å²) in [4.78, 5) is 27.3. The van der Waals surface area contributed by atoms with Gasteiger partial charge in [-0.05, 0) is 56.7 Å². The molecule has 1 aromatic rings. The highest BCUT2D eigenvalue weighted by molar-refractivity contribution is 5.89. The van der Waals surface area contributed by atoms with Crippen molar-refractivity contribution in [3.8, 4) is 5.75 Å². The second kappa shape index (κ2) is 10.5. The van der Waals surface area contributed by atoms with Gasteiger partial charge < -0.3 is 30.1 Å². The molecule has 3 fully saturated rings. The average Bonchev–Trinajstić information content (AvgIpc) is 3.22. The predicted octanol–water partition coefficient (Wildman–Crippen LogP) is 3.54. The smallest absolute Gasteiger partial charge is 0.319 e. The summed E-state index contributed by atoms with van der Waals surface area (Å²) in [6, 6.07) is 5.78. The van der Waals surface area contributed by atoms with Crippen LogP contribution in [0.3, 0.4) is 0 Å². The van der Waals surface area contributed by atoms with E-state index in [1.54, 1.807) is 0 Å². The topological polar surface area (TPSA) is 100 Å². The Bertz CT molecular complexity index is 881. The Kier molecular flexibility index (Phi) is 7.25. The molecule has 1 aliphatic carbocycles. The van der Waals surface area contributed by atoms with Gasteiger partial charge in [0.15, 0.2) is 0 Å². The largest absolute Gasteiger partial charge is 0.487 e. The highest BCUT2D eigenvalue weighted by Crippen LogP contribution is 2.47. The molecule has 3 heterocycles. The fraction of sp³-hybridized carbons (Fsp3) is 0.692. The van der Waals surface area contributed by atoms with Crippen LogP contribution in [0.25, 0.3) is 0 Å². The number of piperidine rings is 1. The molecular formula is C26H37N3O5. The molecule has 0 aromatic heterocycles. The number of ether oxygens (including phenoxy) is 2. The van der Waals surface area contributed by atoms with E-state index in [4.69, 9.17) is 9.47 Å². The third-order valence-corrected chi connectivity index (χ3v) is 7.81. The lowest BCUT2D eigenvalue weighted by Gasteiger charge is -2.38. The molecule has 0 spiro atoms. The lowest BCUT2D eigenvalue weighted by atomic mass is 9.84. The number of nitrogens with zero attached hydrogens (tertiary/aromatic N) is 1. The Labute approximate surface area is 201 Å². The van der Waals surface area contributed by atoms with Gasteiger partial charge in [-0.1, -0.05) is 19.3 Å². The van der Waals surface area contributed by atoms with Crippen LogP contribution in [0.2, 0.25) is 0 Å². The summed E-state index contributed by atoms with van der Waals surface area (Å²) in [7, 11) is 0. The van der Waals surface area contributed by atoms with E-state index in [-0.39, 0.29) is 42.7 Å². The minimum absolute atomic E-state index is 0.0169. The SMILES string of the molecule is O=C(Nc1ccc2c(c1)[C@H]1C[C@@H](CC(=O)N3CCCCC3)O[C@H](CO)[C@H]1O2)NC1CCCCC1. The molecule has 0 radical (unpaired) electrons. The Hall–Kier alpha value is -2.32. The number of anilines is 1. The highest BCUT2D eigenvalue weighted by Gasteiger charge is 2.46. The van der Waals surface area contributed by atoms with Gasteiger partial charge in [-0.25, -0.2) is 4.79 Å². The van der Waals surface area contributed by atoms with Crippen molar-refractivity contribution in [1.82, 2.24) is 10.2 Å². The van der Waals surface area contributed by atoms with Gasteiger partial charge in [0, 0.05) is 36.3 Å². The molecule has 186 valence electrons. The number of amides is 3. The summed E-state index contributed by atoms with van der Waals surface area (Å²) >= 11 is 0. The molecule has 3 N–H and O–H groups in total. The maximum absolute atomic E-state index is 12.8. The Morgan fingerprint density at radius 2 is 1.82 bits per heavy atom. The summed E-state index contributed by atoms with van der Waals surface area (Å²) in [6.45, 7) is 1.49. The van der Waals surface area contributed by atoms with Crippen molar-refractivity contribution >= 4 is 17.6 Å². The lowest BCUT2D eigenvalue weighted by molar-refractivity contribution is -0.149. The average molecular weight is 472 g/mol. The molecule has 8 heteroatoms. The van der Waals surface area contributed by atoms with E-state index in [2.05, 4.69) is 10.6 Å². The molecule has 3 aliphatic heterocycles. The number of hydrogen-bond acceptors (Lipinski definition) is 5. The number of likely N-dealkylation sites (tertiary alicyclic amines) is 1. The number of urea groups is 1. The van der Waals surface area contributed by atoms with Crippen molar-refractivity contribution in [2.75, 3.05) is 25.0 Å². The van der Waals surface area contributed by atoms with Gasteiger partial charge in [0.05, 0.1) is 19.1 Å². The van der Waals surface area contributed by atoms with E-state index in [1.807, 2.05) is 23.1 Å². The van der Waals surface area contributed by atoms with Crippen LogP contribution in [0.4, 0.5) is 10.5 Å². The van der Waals surface area contributed by atoms with Crippen molar-refractivity contribution < 1.29 is 24.2 Å². The quantitative estimate of drug-likeness (QED) is 0.610. The zero-order valence-corrected chi connectivity index (χ0v) is 19.8. The Balaban J connectivity index is 1.25. The van der Waals surface area contributed by atoms with Crippen molar-refractivity contribution in [2.24, 2.45) is 0 Å². The van der Waals surface area contributed by atoms with Gasteiger partial charge in [0.1, 0.15) is 18.0 Å². The van der Waals surface area contributed by atoms with Gasteiger partial charge in [-0.15, -0.1) is 0 Å². The zero-order valence-electron chi connectivity index (χ0n) is 19.8. The van der Waals surface area contributed by atoms with Crippen molar-refractivity contribution in [1.29, 1.82) is 0 Å². The molecule has 8 nitrogen and oxygen atoms in total. The molecule has 1 saturated carbocycles. The van der Waals surface area contributed by atoms with Crippen LogP contribution in [-0.2, 0) is 9.53 Å². The van der Waals surface area contributed by atoms with Crippen LogP contribution in [0.15, 0.2) is 18.2 Å². The minimum atomic E-state index is -0.476. The second-order valence-corrected chi connectivity index (χ2v) is 10.2. The van der Waals surface area contributed by atoms with Gasteiger partial charge in [-0.2, -0.15) is 0 Å². The van der Waals surface area contributed by atoms with Crippen molar-refractivity contribution in [3.63, 3.8) is 0 Å². The Morgan fingerprint density at radius 3 is 2.59 bits per heavy atom. The standard InChI is InChI=1S/C26H37N3O5/c30-16-23-25-21(14-19(33-23)15-24(31)29-11-5-2-6-12-29)20-13-18(9-10-22(20)34-25)28-26(32)27-17-7-3-1-4-8-17/h9-10,13,17,19,21,23,25,30H,1-8,11-12,14-16H2,(H2,27,28,32)/t19-,21+,23+,25-/m0/s1. The molecular weight excluding hydrogens is 434 g/mol. The first-order valence-electron chi connectivity index (χ1n) is 13.0. The van der Waals surface area contributed by atoms with E-state index in [0.29, 0.717) is 12.8 Å². The molecule has 0 unspecified atom stereocenters. The maximum atomic E-state index is 12.8. The van der Waals surface area contributed by atoms with E-state index < -0.39 is 6.10 Å². The van der Waals surface area contributed by atoms with E-state index >= 15 is 0 Å². The van der Waals surface area contributed by atoms with Crippen LogP contribution in [0.1, 0.15) is 75.7 Å². The first-order valence-corrected chi connectivity index (χ1v) is 13.0. The van der Waals surface area contributed by atoms with Crippen molar-refractivity contribution in [3.05, 3.63) is 23.8 Å².